The Morgan fingerprint density at radius 1 is 1.62 bits per heavy atom. The van der Waals surface area contributed by atoms with E-state index in [0.717, 1.165) is 5.56 Å². The standard InChI is InChI=1S/C11H14N2O3/c1-3-16-10(14)5-4-8-6-9(15-2)11(12)13-7-8/h4-7H,3H2,1-2H3,(H2,12,13)/b5-4+. The molecule has 5 nitrogen and oxygen atoms in total. The van der Waals surface area contributed by atoms with Crippen LogP contribution in [0.1, 0.15) is 12.5 Å². The third-order valence-corrected chi connectivity index (χ3v) is 1.82. The molecule has 0 atom stereocenters. The van der Waals surface area contributed by atoms with Gasteiger partial charge in [-0.25, -0.2) is 9.78 Å². The highest BCUT2D eigenvalue weighted by molar-refractivity contribution is 5.87. The van der Waals surface area contributed by atoms with Crippen molar-refractivity contribution in [2.75, 3.05) is 19.5 Å². The molecule has 1 heterocycles. The molecule has 1 rings (SSSR count). The van der Waals surface area contributed by atoms with E-state index in [0.29, 0.717) is 18.2 Å². The van der Waals surface area contributed by atoms with Crippen molar-refractivity contribution >= 4 is 17.9 Å². The van der Waals surface area contributed by atoms with E-state index >= 15 is 0 Å². The fraction of sp³-hybridized carbons (Fsp3) is 0.273. The van der Waals surface area contributed by atoms with Crippen molar-refractivity contribution in [2.24, 2.45) is 0 Å². The summed E-state index contributed by atoms with van der Waals surface area (Å²) in [5, 5.41) is 0. The molecule has 0 fully saturated rings. The molecule has 0 bridgehead atoms. The second-order valence-electron chi connectivity index (χ2n) is 2.94. The number of nitrogens with zero attached hydrogens (tertiary/aromatic N) is 1. The van der Waals surface area contributed by atoms with Gasteiger partial charge in [0.05, 0.1) is 13.7 Å². The summed E-state index contributed by atoms with van der Waals surface area (Å²) in [6, 6.07) is 1.69. The Kier molecular flexibility index (Phi) is 4.32. The lowest BCUT2D eigenvalue weighted by Crippen LogP contribution is -1.99. The quantitative estimate of drug-likeness (QED) is 0.613. The van der Waals surface area contributed by atoms with E-state index in [1.165, 1.54) is 13.2 Å². The first-order chi connectivity index (χ1) is 7.67. The largest absolute Gasteiger partial charge is 0.493 e. The number of hydrogen-bond acceptors (Lipinski definition) is 5. The number of esters is 1. The highest BCUT2D eigenvalue weighted by Gasteiger charge is 2.01. The molecule has 0 unspecified atom stereocenters. The number of nitrogen functional groups attached to an aromatic ring is 1. The van der Waals surface area contributed by atoms with Crippen LogP contribution in [0.25, 0.3) is 6.08 Å². The monoisotopic (exact) mass is 222 g/mol. The van der Waals surface area contributed by atoms with Crippen molar-refractivity contribution in [1.82, 2.24) is 4.98 Å². The molecule has 0 spiro atoms. The second kappa shape index (κ2) is 5.75. The second-order valence-corrected chi connectivity index (χ2v) is 2.94. The SMILES string of the molecule is CCOC(=O)/C=C/c1cnc(N)c(OC)c1. The molecule has 16 heavy (non-hydrogen) atoms. The summed E-state index contributed by atoms with van der Waals surface area (Å²) in [6.07, 6.45) is 4.47. The fourth-order valence-electron chi connectivity index (χ4n) is 1.08. The van der Waals surface area contributed by atoms with Crippen LogP contribution in [0.2, 0.25) is 0 Å². The van der Waals surface area contributed by atoms with Gasteiger partial charge in [0.25, 0.3) is 0 Å². The van der Waals surface area contributed by atoms with E-state index in [9.17, 15) is 4.79 Å². The minimum Gasteiger partial charge on any atom is -0.493 e. The normalized spacial score (nSPS) is 10.4. The number of rotatable bonds is 4. The van der Waals surface area contributed by atoms with Crippen molar-refractivity contribution in [3.8, 4) is 5.75 Å². The van der Waals surface area contributed by atoms with Gasteiger partial charge in [-0.3, -0.25) is 0 Å². The highest BCUT2D eigenvalue weighted by atomic mass is 16.5. The number of carbonyl (C=O) groups is 1. The van der Waals surface area contributed by atoms with Crippen LogP contribution in [0.5, 0.6) is 5.75 Å². The molecule has 0 saturated carbocycles. The van der Waals surface area contributed by atoms with E-state index in [-0.39, 0.29) is 0 Å². The Labute approximate surface area is 93.9 Å². The molecular weight excluding hydrogens is 208 g/mol. The molecule has 0 aliphatic heterocycles. The van der Waals surface area contributed by atoms with Gasteiger partial charge in [0.15, 0.2) is 11.6 Å². The van der Waals surface area contributed by atoms with E-state index in [1.807, 2.05) is 0 Å². The van der Waals surface area contributed by atoms with Crippen molar-refractivity contribution in [1.29, 1.82) is 0 Å². The lowest BCUT2D eigenvalue weighted by molar-refractivity contribution is -0.137. The number of carbonyl (C=O) groups excluding carboxylic acids is 1. The van der Waals surface area contributed by atoms with Gasteiger partial charge in [-0.1, -0.05) is 0 Å². The molecule has 2 N–H and O–H groups in total. The molecule has 5 heteroatoms. The minimum atomic E-state index is -0.390. The topological polar surface area (TPSA) is 74.4 Å². The van der Waals surface area contributed by atoms with Gasteiger partial charge in [-0.15, -0.1) is 0 Å². The van der Waals surface area contributed by atoms with Crippen LogP contribution >= 0.6 is 0 Å². The molecule has 0 aliphatic carbocycles. The summed E-state index contributed by atoms with van der Waals surface area (Å²) in [4.78, 5) is 15.0. The van der Waals surface area contributed by atoms with Crippen LogP contribution in [0.3, 0.4) is 0 Å². The lowest BCUT2D eigenvalue weighted by Gasteiger charge is -2.03. The number of ether oxygens (including phenoxy) is 2. The molecule has 0 saturated heterocycles. The van der Waals surface area contributed by atoms with Crippen molar-refractivity contribution in [3.05, 3.63) is 23.9 Å². The van der Waals surface area contributed by atoms with Gasteiger partial charge in [0, 0.05) is 12.3 Å². The Morgan fingerprint density at radius 3 is 3.00 bits per heavy atom. The number of pyridine rings is 1. The van der Waals surface area contributed by atoms with Gasteiger partial charge < -0.3 is 15.2 Å². The van der Waals surface area contributed by atoms with Crippen molar-refractivity contribution in [2.45, 2.75) is 6.92 Å². The first-order valence-corrected chi connectivity index (χ1v) is 4.81. The lowest BCUT2D eigenvalue weighted by atomic mass is 10.2. The van der Waals surface area contributed by atoms with Crippen molar-refractivity contribution in [3.63, 3.8) is 0 Å². The molecule has 0 aromatic carbocycles. The van der Waals surface area contributed by atoms with E-state index < -0.39 is 5.97 Å². The highest BCUT2D eigenvalue weighted by Crippen LogP contribution is 2.19. The van der Waals surface area contributed by atoms with Gasteiger partial charge in [-0.2, -0.15) is 0 Å². The number of methoxy groups -OCH3 is 1. The third kappa shape index (κ3) is 3.27. The Balaban J connectivity index is 2.78. The fourth-order valence-corrected chi connectivity index (χ4v) is 1.08. The molecular formula is C11H14N2O3. The van der Waals surface area contributed by atoms with Gasteiger partial charge in [0.1, 0.15) is 0 Å². The molecule has 1 aromatic rings. The maximum absolute atomic E-state index is 11.1. The van der Waals surface area contributed by atoms with Crippen LogP contribution in [0.4, 0.5) is 5.82 Å². The van der Waals surface area contributed by atoms with Crippen LogP contribution in [0, 0.1) is 0 Å². The van der Waals surface area contributed by atoms with Gasteiger partial charge in [-0.05, 0) is 24.6 Å². The first kappa shape index (κ1) is 12.0. The molecule has 0 radical (unpaired) electrons. The predicted octanol–water partition coefficient (Wildman–Crippen LogP) is 1.25. The summed E-state index contributed by atoms with van der Waals surface area (Å²) in [5.41, 5.74) is 6.27. The zero-order chi connectivity index (χ0) is 12.0. The molecule has 86 valence electrons. The van der Waals surface area contributed by atoms with Crippen LogP contribution in [0.15, 0.2) is 18.3 Å². The van der Waals surface area contributed by atoms with Crippen molar-refractivity contribution < 1.29 is 14.3 Å². The summed E-state index contributed by atoms with van der Waals surface area (Å²) in [7, 11) is 1.51. The number of hydrogen-bond donors (Lipinski definition) is 1. The summed E-state index contributed by atoms with van der Waals surface area (Å²) in [6.45, 7) is 2.10. The molecule has 0 aliphatic rings. The Bertz CT molecular complexity index is 402. The molecule has 1 aromatic heterocycles. The average Bonchev–Trinajstić information content (AvgIpc) is 2.28. The number of nitrogens with two attached hydrogens (primary N) is 1. The van der Waals surface area contributed by atoms with E-state index in [1.54, 1.807) is 25.3 Å². The Hall–Kier alpha value is -2.04. The van der Waals surface area contributed by atoms with E-state index in [2.05, 4.69) is 4.98 Å². The minimum absolute atomic E-state index is 0.316. The zero-order valence-electron chi connectivity index (χ0n) is 9.27. The third-order valence-electron chi connectivity index (χ3n) is 1.82. The summed E-state index contributed by atoms with van der Waals surface area (Å²) in [5.74, 6) is 0.403. The first-order valence-electron chi connectivity index (χ1n) is 4.81. The molecule has 0 amide bonds. The number of aromatic nitrogens is 1. The summed E-state index contributed by atoms with van der Waals surface area (Å²) < 4.78 is 9.74. The maximum Gasteiger partial charge on any atom is 0.330 e. The summed E-state index contributed by atoms with van der Waals surface area (Å²) >= 11 is 0. The van der Waals surface area contributed by atoms with Gasteiger partial charge >= 0.3 is 5.97 Å². The number of anilines is 1. The van der Waals surface area contributed by atoms with Gasteiger partial charge in [0.2, 0.25) is 0 Å². The van der Waals surface area contributed by atoms with Crippen LogP contribution in [-0.2, 0) is 9.53 Å². The smallest absolute Gasteiger partial charge is 0.330 e. The predicted molar refractivity (Wildman–Crippen MR) is 60.9 cm³/mol. The average molecular weight is 222 g/mol. The maximum atomic E-state index is 11.1. The zero-order valence-corrected chi connectivity index (χ0v) is 9.27. The van der Waals surface area contributed by atoms with Crippen LogP contribution in [-0.4, -0.2) is 24.7 Å². The Morgan fingerprint density at radius 2 is 2.38 bits per heavy atom. The van der Waals surface area contributed by atoms with E-state index in [4.69, 9.17) is 15.2 Å². The van der Waals surface area contributed by atoms with Crippen LogP contribution < -0.4 is 10.5 Å².